The van der Waals surface area contributed by atoms with E-state index in [1.165, 1.54) is 24.8 Å². The van der Waals surface area contributed by atoms with Crippen molar-refractivity contribution in [2.75, 3.05) is 13.2 Å². The highest BCUT2D eigenvalue weighted by Gasteiger charge is 2.23. The zero-order valence-electron chi connectivity index (χ0n) is 13.6. The molecule has 0 unspecified atom stereocenters. The molecule has 0 aromatic carbocycles. The zero-order valence-corrected chi connectivity index (χ0v) is 13.6. The normalized spacial score (nSPS) is 19.3. The Hall–Kier alpha value is -1.95. The predicted octanol–water partition coefficient (Wildman–Crippen LogP) is 2.55. The Labute approximate surface area is 136 Å². The molecule has 122 valence electrons. The zero-order chi connectivity index (χ0) is 15.6. The van der Waals surface area contributed by atoms with E-state index in [2.05, 4.69) is 11.2 Å². The molecule has 0 bridgehead atoms. The Morgan fingerprint density at radius 3 is 2.87 bits per heavy atom. The maximum Gasteiger partial charge on any atom is 0.154 e. The van der Waals surface area contributed by atoms with E-state index in [9.17, 15) is 0 Å². The molecule has 6 nitrogen and oxygen atoms in total. The molecule has 2 aromatic heterocycles. The van der Waals surface area contributed by atoms with Crippen LogP contribution in [0, 0.1) is 0 Å². The van der Waals surface area contributed by atoms with E-state index < -0.39 is 0 Å². The lowest BCUT2D eigenvalue weighted by Gasteiger charge is -2.18. The molecular formula is C17H23N5O. The van der Waals surface area contributed by atoms with E-state index in [0.717, 1.165) is 49.9 Å². The summed E-state index contributed by atoms with van der Waals surface area (Å²) in [7, 11) is 1.95. The molecule has 2 aromatic rings. The van der Waals surface area contributed by atoms with Gasteiger partial charge in [0.15, 0.2) is 11.6 Å². The average Bonchev–Trinajstić information content (AvgIpc) is 3.30. The maximum absolute atomic E-state index is 5.47. The molecule has 1 aliphatic carbocycles. The summed E-state index contributed by atoms with van der Waals surface area (Å²) in [6.45, 7) is 1.62. The fourth-order valence-electron chi connectivity index (χ4n) is 3.46. The number of nitrogens with zero attached hydrogens (tertiary/aromatic N) is 5. The fraction of sp³-hybridized carbons (Fsp3) is 0.588. The van der Waals surface area contributed by atoms with Gasteiger partial charge in [0.25, 0.3) is 0 Å². The minimum atomic E-state index is 0.412. The maximum atomic E-state index is 5.47. The second kappa shape index (κ2) is 6.28. The molecule has 23 heavy (non-hydrogen) atoms. The van der Waals surface area contributed by atoms with Crippen LogP contribution in [0.5, 0.6) is 0 Å². The Morgan fingerprint density at radius 1 is 1.30 bits per heavy atom. The summed E-state index contributed by atoms with van der Waals surface area (Å²) in [6, 6.07) is 2.00. The van der Waals surface area contributed by atoms with Gasteiger partial charge < -0.3 is 4.74 Å². The Kier molecular flexibility index (Phi) is 3.99. The summed E-state index contributed by atoms with van der Waals surface area (Å²) in [5, 5.41) is 9.12. The number of allylic oxidation sites excluding steroid dienone is 2. The number of rotatable bonds is 4. The monoisotopic (exact) mass is 313 g/mol. The predicted molar refractivity (Wildman–Crippen MR) is 86.6 cm³/mol. The van der Waals surface area contributed by atoms with Crippen LogP contribution in [-0.2, 0) is 18.2 Å². The van der Waals surface area contributed by atoms with Crippen molar-refractivity contribution in [2.45, 2.75) is 44.4 Å². The van der Waals surface area contributed by atoms with Crippen LogP contribution in [0.2, 0.25) is 0 Å². The van der Waals surface area contributed by atoms with E-state index in [1.54, 1.807) is 0 Å². The van der Waals surface area contributed by atoms with Gasteiger partial charge in [0.1, 0.15) is 5.82 Å². The van der Waals surface area contributed by atoms with Gasteiger partial charge >= 0.3 is 0 Å². The first-order valence-corrected chi connectivity index (χ1v) is 8.51. The SMILES string of the molecule is Cn1nccc1-n1nc(C2CCOCC2)nc1CC1=CCCC1. The highest BCUT2D eigenvalue weighted by atomic mass is 16.5. The first-order valence-electron chi connectivity index (χ1n) is 8.51. The van der Waals surface area contributed by atoms with Crippen molar-refractivity contribution < 1.29 is 4.74 Å². The fourth-order valence-corrected chi connectivity index (χ4v) is 3.46. The van der Waals surface area contributed by atoms with Gasteiger partial charge in [-0.1, -0.05) is 11.6 Å². The summed E-state index contributed by atoms with van der Waals surface area (Å²) in [4.78, 5) is 4.91. The summed E-state index contributed by atoms with van der Waals surface area (Å²) in [5.74, 6) is 3.38. The van der Waals surface area contributed by atoms with Gasteiger partial charge in [0.05, 0.1) is 6.20 Å². The van der Waals surface area contributed by atoms with Gasteiger partial charge in [0.2, 0.25) is 0 Å². The Morgan fingerprint density at radius 2 is 2.17 bits per heavy atom. The third-order valence-electron chi connectivity index (χ3n) is 4.81. The van der Waals surface area contributed by atoms with E-state index in [4.69, 9.17) is 14.8 Å². The highest BCUT2D eigenvalue weighted by Crippen LogP contribution is 2.27. The molecule has 0 radical (unpaired) electrons. The van der Waals surface area contributed by atoms with E-state index in [0.29, 0.717) is 5.92 Å². The quantitative estimate of drug-likeness (QED) is 0.814. The van der Waals surface area contributed by atoms with Crippen LogP contribution in [-0.4, -0.2) is 37.8 Å². The molecule has 0 atom stereocenters. The van der Waals surface area contributed by atoms with Crippen LogP contribution >= 0.6 is 0 Å². The van der Waals surface area contributed by atoms with Gasteiger partial charge in [-0.05, 0) is 32.1 Å². The number of aromatic nitrogens is 5. The number of aryl methyl sites for hydroxylation is 1. The molecule has 1 fully saturated rings. The van der Waals surface area contributed by atoms with Gasteiger partial charge in [-0.3, -0.25) is 4.68 Å². The first-order chi connectivity index (χ1) is 11.3. The second-order valence-electron chi connectivity index (χ2n) is 6.43. The van der Waals surface area contributed by atoms with Gasteiger partial charge in [-0.2, -0.15) is 9.78 Å². The topological polar surface area (TPSA) is 57.8 Å². The van der Waals surface area contributed by atoms with Crippen molar-refractivity contribution in [3.63, 3.8) is 0 Å². The lowest BCUT2D eigenvalue weighted by atomic mass is 10.00. The van der Waals surface area contributed by atoms with Crippen LogP contribution in [0.1, 0.15) is 49.7 Å². The number of ether oxygens (including phenoxy) is 1. The van der Waals surface area contributed by atoms with Crippen LogP contribution in [0.25, 0.3) is 5.82 Å². The first kappa shape index (κ1) is 14.6. The van der Waals surface area contributed by atoms with E-state index >= 15 is 0 Å². The molecule has 3 heterocycles. The van der Waals surface area contributed by atoms with E-state index in [1.807, 2.05) is 28.7 Å². The molecular weight excluding hydrogens is 290 g/mol. The third kappa shape index (κ3) is 2.95. The second-order valence-corrected chi connectivity index (χ2v) is 6.43. The van der Waals surface area contributed by atoms with Crippen molar-refractivity contribution in [3.8, 4) is 5.82 Å². The standard InChI is InChI=1S/C17H23N5O/c1-21-16(6-9-18-21)22-15(12-13-4-2-3-5-13)19-17(20-22)14-7-10-23-11-8-14/h4,6,9,14H,2-3,5,7-8,10-12H2,1H3. The molecule has 1 aliphatic heterocycles. The summed E-state index contributed by atoms with van der Waals surface area (Å²) < 4.78 is 9.31. The van der Waals surface area contributed by atoms with Crippen molar-refractivity contribution in [2.24, 2.45) is 7.05 Å². The molecule has 1 saturated heterocycles. The smallest absolute Gasteiger partial charge is 0.154 e. The molecule has 0 amide bonds. The Bertz CT molecular complexity index is 708. The van der Waals surface area contributed by atoms with E-state index in [-0.39, 0.29) is 0 Å². The molecule has 6 heteroatoms. The van der Waals surface area contributed by atoms with Crippen LogP contribution in [0.4, 0.5) is 0 Å². The molecule has 0 N–H and O–H groups in total. The minimum absolute atomic E-state index is 0.412. The third-order valence-corrected chi connectivity index (χ3v) is 4.81. The number of hydrogen-bond acceptors (Lipinski definition) is 4. The minimum Gasteiger partial charge on any atom is -0.381 e. The van der Waals surface area contributed by atoms with Crippen LogP contribution in [0.15, 0.2) is 23.9 Å². The molecule has 0 spiro atoms. The van der Waals surface area contributed by atoms with Crippen molar-refractivity contribution in [1.29, 1.82) is 0 Å². The highest BCUT2D eigenvalue weighted by molar-refractivity contribution is 5.25. The van der Waals surface area contributed by atoms with Gasteiger partial charge in [-0.15, -0.1) is 5.10 Å². The van der Waals surface area contributed by atoms with Crippen molar-refractivity contribution in [3.05, 3.63) is 35.6 Å². The summed E-state index contributed by atoms with van der Waals surface area (Å²) >= 11 is 0. The molecule has 2 aliphatic rings. The van der Waals surface area contributed by atoms with Crippen molar-refractivity contribution >= 4 is 0 Å². The lowest BCUT2D eigenvalue weighted by Crippen LogP contribution is -2.15. The van der Waals surface area contributed by atoms with Gasteiger partial charge in [-0.25, -0.2) is 4.98 Å². The summed E-state index contributed by atoms with van der Waals surface area (Å²) in [6.07, 6.45) is 10.7. The molecule has 0 saturated carbocycles. The van der Waals surface area contributed by atoms with Crippen LogP contribution in [0.3, 0.4) is 0 Å². The van der Waals surface area contributed by atoms with Gasteiger partial charge in [0, 0.05) is 38.7 Å². The number of hydrogen-bond donors (Lipinski definition) is 0. The molecule has 4 rings (SSSR count). The Balaban J connectivity index is 1.69. The lowest BCUT2D eigenvalue weighted by molar-refractivity contribution is 0.0836. The average molecular weight is 313 g/mol. The summed E-state index contributed by atoms with van der Waals surface area (Å²) in [5.41, 5.74) is 1.49. The van der Waals surface area contributed by atoms with Crippen LogP contribution < -0.4 is 0 Å². The van der Waals surface area contributed by atoms with Crippen molar-refractivity contribution in [1.82, 2.24) is 24.5 Å². The largest absolute Gasteiger partial charge is 0.381 e.